The summed E-state index contributed by atoms with van der Waals surface area (Å²) in [6.45, 7) is 0.156. The topological polar surface area (TPSA) is 172 Å². The number of ketones is 1. The van der Waals surface area contributed by atoms with Gasteiger partial charge in [0.15, 0.2) is 0 Å². The molecule has 0 aliphatic carbocycles. The van der Waals surface area contributed by atoms with Crippen LogP contribution in [0.5, 0.6) is 0 Å². The summed E-state index contributed by atoms with van der Waals surface area (Å²) in [5.41, 5.74) is 7.28. The first-order valence-corrected chi connectivity index (χ1v) is 9.83. The molecule has 0 radical (unpaired) electrons. The number of amides is 5. The number of aromatic amines is 1. The van der Waals surface area contributed by atoms with Gasteiger partial charge in [0.2, 0.25) is 23.5 Å². The van der Waals surface area contributed by atoms with Gasteiger partial charge in [-0.2, -0.15) is 0 Å². The zero-order chi connectivity index (χ0) is 23.0. The molecule has 166 valence electrons. The SMILES string of the molecule is CN1C(=O)C[C@@H](C(=O)N[C@@H](Cc2cnc[nH]2)C(=O)c2ccc3n2CC(C(N)=O)=C3)NC1=O. The summed E-state index contributed by atoms with van der Waals surface area (Å²) in [6, 6.07) is 0.510. The Hall–Kier alpha value is -4.22. The van der Waals surface area contributed by atoms with Gasteiger partial charge in [0.05, 0.1) is 31.0 Å². The van der Waals surface area contributed by atoms with Gasteiger partial charge in [0.1, 0.15) is 6.04 Å². The first-order chi connectivity index (χ1) is 15.2. The van der Waals surface area contributed by atoms with Crippen molar-refractivity contribution in [1.29, 1.82) is 0 Å². The Morgan fingerprint density at radius 3 is 2.75 bits per heavy atom. The minimum Gasteiger partial charge on any atom is -0.366 e. The summed E-state index contributed by atoms with van der Waals surface area (Å²) < 4.78 is 1.65. The van der Waals surface area contributed by atoms with Crippen molar-refractivity contribution >= 4 is 35.6 Å². The van der Waals surface area contributed by atoms with Gasteiger partial charge >= 0.3 is 6.03 Å². The third kappa shape index (κ3) is 3.89. The fraction of sp³-hybridized carbons (Fsp3) is 0.300. The molecule has 5 amide bonds. The van der Waals surface area contributed by atoms with Crippen LogP contribution in [0.3, 0.4) is 0 Å². The molecule has 12 nitrogen and oxygen atoms in total. The molecule has 2 aliphatic heterocycles. The number of carbonyl (C=O) groups is 5. The Bertz CT molecular complexity index is 1130. The second kappa shape index (κ2) is 8.13. The van der Waals surface area contributed by atoms with Crippen molar-refractivity contribution < 1.29 is 24.0 Å². The van der Waals surface area contributed by atoms with Gasteiger partial charge in [0.25, 0.3) is 0 Å². The highest BCUT2D eigenvalue weighted by atomic mass is 16.2. The number of nitrogens with two attached hydrogens (primary N) is 1. The van der Waals surface area contributed by atoms with E-state index in [1.165, 1.54) is 19.6 Å². The number of imidazole rings is 1. The van der Waals surface area contributed by atoms with E-state index in [0.717, 1.165) is 4.90 Å². The van der Waals surface area contributed by atoms with E-state index in [0.29, 0.717) is 22.7 Å². The van der Waals surface area contributed by atoms with Gasteiger partial charge in [-0.05, 0) is 18.2 Å². The summed E-state index contributed by atoms with van der Waals surface area (Å²) in [5, 5.41) is 5.10. The summed E-state index contributed by atoms with van der Waals surface area (Å²) in [4.78, 5) is 69.3. The number of aromatic nitrogens is 3. The predicted molar refractivity (Wildman–Crippen MR) is 110 cm³/mol. The van der Waals surface area contributed by atoms with Crippen LogP contribution in [-0.4, -0.2) is 68.1 Å². The van der Waals surface area contributed by atoms with Crippen molar-refractivity contribution in [3.63, 3.8) is 0 Å². The summed E-state index contributed by atoms with van der Waals surface area (Å²) >= 11 is 0. The Morgan fingerprint density at radius 1 is 1.31 bits per heavy atom. The number of carbonyl (C=O) groups excluding carboxylic acids is 5. The number of hydrogen-bond acceptors (Lipinski definition) is 6. The molecule has 0 saturated carbocycles. The number of primary amides is 1. The third-order valence-electron chi connectivity index (χ3n) is 5.52. The van der Waals surface area contributed by atoms with Crippen LogP contribution < -0.4 is 16.4 Å². The molecule has 0 aromatic carbocycles. The fourth-order valence-corrected chi connectivity index (χ4v) is 3.70. The van der Waals surface area contributed by atoms with Gasteiger partial charge in [-0.25, -0.2) is 9.78 Å². The molecule has 2 aliphatic rings. The molecule has 2 aromatic rings. The zero-order valence-corrected chi connectivity index (χ0v) is 17.1. The highest BCUT2D eigenvalue weighted by molar-refractivity contribution is 6.05. The van der Waals surface area contributed by atoms with E-state index in [-0.39, 0.29) is 19.4 Å². The smallest absolute Gasteiger partial charge is 0.324 e. The lowest BCUT2D eigenvalue weighted by Gasteiger charge is -2.29. The number of fused-ring (bicyclic) bond motifs is 1. The van der Waals surface area contributed by atoms with E-state index < -0.39 is 41.6 Å². The molecule has 4 rings (SSSR count). The van der Waals surface area contributed by atoms with E-state index in [4.69, 9.17) is 5.73 Å². The molecule has 1 saturated heterocycles. The lowest BCUT2D eigenvalue weighted by Crippen LogP contribution is -2.59. The average Bonchev–Trinajstić information content (AvgIpc) is 3.47. The van der Waals surface area contributed by atoms with Crippen LogP contribution in [0.15, 0.2) is 30.2 Å². The monoisotopic (exact) mass is 439 g/mol. The minimum atomic E-state index is -1.09. The van der Waals surface area contributed by atoms with E-state index in [2.05, 4.69) is 20.6 Å². The number of nitrogens with one attached hydrogen (secondary N) is 3. The standard InChI is InChI=1S/C20H21N7O5/c1-26-16(28)6-14(25-20(26)32)19(31)24-13(5-11-7-22-9-23-11)17(29)15-3-2-12-4-10(18(21)30)8-27(12)15/h2-4,7,9,13-14H,5-6,8H2,1H3,(H2,21,30)(H,22,23)(H,24,31)(H,25,32)/t13-,14-/m0/s1. The molecule has 32 heavy (non-hydrogen) atoms. The number of urea groups is 1. The van der Waals surface area contributed by atoms with Crippen molar-refractivity contribution in [2.45, 2.75) is 31.5 Å². The van der Waals surface area contributed by atoms with Crippen LogP contribution in [0.4, 0.5) is 4.79 Å². The predicted octanol–water partition coefficient (Wildman–Crippen LogP) is -1.06. The Kier molecular flexibility index (Phi) is 5.34. The summed E-state index contributed by atoms with van der Waals surface area (Å²) in [5.74, 6) is -2.12. The first-order valence-electron chi connectivity index (χ1n) is 9.83. The van der Waals surface area contributed by atoms with Crippen molar-refractivity contribution in [2.75, 3.05) is 7.05 Å². The van der Waals surface area contributed by atoms with Gasteiger partial charge in [-0.3, -0.25) is 24.1 Å². The maximum Gasteiger partial charge on any atom is 0.324 e. The quantitative estimate of drug-likeness (QED) is 0.401. The number of imide groups is 1. The lowest BCUT2D eigenvalue weighted by molar-refractivity contribution is -0.134. The Labute approximate surface area is 181 Å². The molecule has 0 bridgehead atoms. The number of Topliss-reactive ketones (excluding diaryl/α,β-unsaturated/α-hetero) is 1. The molecule has 1 fully saturated rings. The second-order valence-electron chi connectivity index (χ2n) is 7.63. The summed E-state index contributed by atoms with van der Waals surface area (Å²) in [7, 11) is 1.32. The van der Waals surface area contributed by atoms with Crippen LogP contribution >= 0.6 is 0 Å². The van der Waals surface area contributed by atoms with Crippen LogP contribution in [0, 0.1) is 0 Å². The zero-order valence-electron chi connectivity index (χ0n) is 17.1. The van der Waals surface area contributed by atoms with Crippen LogP contribution in [0.1, 0.15) is 28.3 Å². The Morgan fingerprint density at radius 2 is 2.09 bits per heavy atom. The lowest BCUT2D eigenvalue weighted by atomic mass is 10.0. The highest BCUT2D eigenvalue weighted by Gasteiger charge is 2.36. The molecule has 12 heteroatoms. The molecular weight excluding hydrogens is 418 g/mol. The van der Waals surface area contributed by atoms with Crippen molar-refractivity contribution in [3.05, 3.63) is 47.3 Å². The first kappa shape index (κ1) is 21.0. The van der Waals surface area contributed by atoms with Gasteiger partial charge in [-0.1, -0.05) is 0 Å². The minimum absolute atomic E-state index is 0.107. The van der Waals surface area contributed by atoms with E-state index in [1.54, 1.807) is 22.8 Å². The molecule has 4 heterocycles. The molecule has 2 atom stereocenters. The van der Waals surface area contributed by atoms with E-state index >= 15 is 0 Å². The molecule has 0 unspecified atom stereocenters. The molecule has 5 N–H and O–H groups in total. The van der Waals surface area contributed by atoms with Crippen molar-refractivity contribution in [2.24, 2.45) is 5.73 Å². The van der Waals surface area contributed by atoms with Gasteiger partial charge < -0.3 is 25.9 Å². The highest BCUT2D eigenvalue weighted by Crippen LogP contribution is 2.23. The largest absolute Gasteiger partial charge is 0.366 e. The molecule has 2 aromatic heterocycles. The van der Waals surface area contributed by atoms with Crippen molar-refractivity contribution in [3.8, 4) is 0 Å². The van der Waals surface area contributed by atoms with Gasteiger partial charge in [0, 0.05) is 36.6 Å². The summed E-state index contributed by atoms with van der Waals surface area (Å²) in [6.07, 6.45) is 4.48. The second-order valence-corrected chi connectivity index (χ2v) is 7.63. The normalized spacial score (nSPS) is 18.6. The average molecular weight is 439 g/mol. The van der Waals surface area contributed by atoms with Crippen LogP contribution in [0.25, 0.3) is 6.08 Å². The maximum atomic E-state index is 13.4. The van der Waals surface area contributed by atoms with Crippen LogP contribution in [0.2, 0.25) is 0 Å². The number of nitrogens with zero attached hydrogens (tertiary/aromatic N) is 3. The number of rotatable bonds is 7. The number of hydrogen-bond donors (Lipinski definition) is 4. The van der Waals surface area contributed by atoms with Crippen LogP contribution in [-0.2, 0) is 27.3 Å². The van der Waals surface area contributed by atoms with E-state index in [1.807, 2.05) is 0 Å². The third-order valence-corrected chi connectivity index (χ3v) is 5.52. The molecule has 0 spiro atoms. The van der Waals surface area contributed by atoms with Gasteiger partial charge in [-0.15, -0.1) is 0 Å². The maximum absolute atomic E-state index is 13.4. The molecular formula is C20H21N7O5. The van der Waals surface area contributed by atoms with Crippen molar-refractivity contribution in [1.82, 2.24) is 30.1 Å². The number of H-pyrrole nitrogens is 1. The fourth-order valence-electron chi connectivity index (χ4n) is 3.70. The van der Waals surface area contributed by atoms with E-state index in [9.17, 15) is 24.0 Å². The Balaban J connectivity index is 1.55.